The molecule has 0 atom stereocenters. The third-order valence-corrected chi connectivity index (χ3v) is 4.79. The van der Waals surface area contributed by atoms with Gasteiger partial charge >= 0.3 is 5.76 Å². The Labute approximate surface area is 182 Å². The van der Waals surface area contributed by atoms with E-state index < -0.39 is 11.7 Å². The molecule has 0 saturated carbocycles. The second-order valence-corrected chi connectivity index (χ2v) is 7.05. The summed E-state index contributed by atoms with van der Waals surface area (Å²) in [4.78, 5) is 44.2. The molecule has 0 spiro atoms. The number of carbonyl (C=O) groups is 2. The summed E-state index contributed by atoms with van der Waals surface area (Å²) < 4.78 is 6.18. The minimum atomic E-state index is -0.712. The summed E-state index contributed by atoms with van der Waals surface area (Å²) in [6, 6.07) is 11.6. The first-order valence-electron chi connectivity index (χ1n) is 9.82. The molecule has 10 nitrogen and oxygen atoms in total. The van der Waals surface area contributed by atoms with Gasteiger partial charge in [0.05, 0.1) is 0 Å². The predicted octanol–water partition coefficient (Wildman–Crippen LogP) is 3.33. The molecule has 0 saturated heterocycles. The number of nitrogens with one attached hydrogen (secondary N) is 2. The van der Waals surface area contributed by atoms with Gasteiger partial charge in [0, 0.05) is 35.1 Å². The number of primary amides is 1. The Morgan fingerprint density at radius 3 is 2.50 bits per heavy atom. The summed E-state index contributed by atoms with van der Waals surface area (Å²) in [5.41, 5.74) is 8.46. The van der Waals surface area contributed by atoms with Gasteiger partial charge in [-0.2, -0.15) is 4.98 Å². The van der Waals surface area contributed by atoms with Crippen LogP contribution in [-0.4, -0.2) is 26.3 Å². The van der Waals surface area contributed by atoms with E-state index in [0.717, 1.165) is 10.1 Å². The van der Waals surface area contributed by atoms with Crippen LogP contribution in [0.25, 0.3) is 11.1 Å². The summed E-state index contributed by atoms with van der Waals surface area (Å²) in [5.74, 6) is -0.688. The van der Waals surface area contributed by atoms with Crippen LogP contribution in [0.3, 0.4) is 0 Å². The van der Waals surface area contributed by atoms with Crippen LogP contribution < -0.4 is 22.1 Å². The van der Waals surface area contributed by atoms with Crippen molar-refractivity contribution in [3.8, 4) is 0 Å². The van der Waals surface area contributed by atoms with E-state index in [9.17, 15) is 14.4 Å². The highest BCUT2D eigenvalue weighted by Gasteiger charge is 2.15. The molecule has 0 unspecified atom stereocenters. The van der Waals surface area contributed by atoms with Crippen molar-refractivity contribution in [1.82, 2.24) is 14.5 Å². The lowest BCUT2D eigenvalue weighted by molar-refractivity contribution is 0.0904. The molecule has 4 aromatic rings. The number of hydrogen-bond donors (Lipinski definition) is 3. The van der Waals surface area contributed by atoms with Gasteiger partial charge in [0.2, 0.25) is 17.8 Å². The molecule has 0 aliphatic rings. The van der Waals surface area contributed by atoms with Crippen LogP contribution >= 0.6 is 0 Å². The second-order valence-electron chi connectivity index (χ2n) is 7.05. The lowest BCUT2D eigenvalue weighted by atomic mass is 10.2. The van der Waals surface area contributed by atoms with Crippen LogP contribution in [0.2, 0.25) is 0 Å². The number of rotatable bonds is 6. The third-order valence-electron chi connectivity index (χ3n) is 4.79. The largest absolute Gasteiger partial charge is 0.426 e. The number of nitrogens with two attached hydrogens (primary N) is 1. The van der Waals surface area contributed by atoms with Crippen molar-refractivity contribution in [3.05, 3.63) is 70.3 Å². The maximum Gasteiger partial charge on any atom is 0.426 e. The molecule has 2 aromatic carbocycles. The number of benzene rings is 2. The molecule has 0 aliphatic carbocycles. The van der Waals surface area contributed by atoms with E-state index in [1.54, 1.807) is 55.6 Å². The molecule has 162 valence electrons. The van der Waals surface area contributed by atoms with Crippen LogP contribution in [0, 0.1) is 6.92 Å². The number of amides is 1. The Morgan fingerprint density at radius 2 is 1.81 bits per heavy atom. The number of nitrogens with zero attached hydrogens (tertiary/aromatic N) is 3. The molecule has 0 aliphatic heterocycles. The Hall–Kier alpha value is -4.47. The summed E-state index contributed by atoms with van der Waals surface area (Å²) in [7, 11) is 0. The molecule has 0 radical (unpaired) electrons. The standard InChI is InChI=1S/C22H20N6O4/c1-3-18(29)28-16-10-15(8-9-17(16)32-22(28)31)25-20-12(2)11-24-21(27-20)26-14-6-4-13(5-7-14)19(23)30/h4-11H,3H2,1-2H3,(H2,23,30)(H2,24,25,26,27). The zero-order valence-corrected chi connectivity index (χ0v) is 17.4. The molecule has 10 heteroatoms. The van der Waals surface area contributed by atoms with Crippen molar-refractivity contribution in [2.75, 3.05) is 10.6 Å². The van der Waals surface area contributed by atoms with Crippen LogP contribution in [-0.2, 0) is 0 Å². The minimum Gasteiger partial charge on any atom is -0.407 e. The van der Waals surface area contributed by atoms with Gasteiger partial charge in [0.1, 0.15) is 11.3 Å². The average molecular weight is 432 g/mol. The van der Waals surface area contributed by atoms with Crippen LogP contribution in [0.4, 0.5) is 23.1 Å². The summed E-state index contributed by atoms with van der Waals surface area (Å²) in [6.07, 6.45) is 1.83. The van der Waals surface area contributed by atoms with Crippen LogP contribution in [0.15, 0.2) is 57.9 Å². The Morgan fingerprint density at radius 1 is 1.09 bits per heavy atom. The van der Waals surface area contributed by atoms with Crippen molar-refractivity contribution < 1.29 is 14.0 Å². The SMILES string of the molecule is CCC(=O)n1c(=O)oc2ccc(Nc3nc(Nc4ccc(C(N)=O)cc4)ncc3C)cc21. The van der Waals surface area contributed by atoms with Gasteiger partial charge in [0.15, 0.2) is 5.58 Å². The van der Waals surface area contributed by atoms with Gasteiger partial charge in [-0.05, 0) is 49.4 Å². The van der Waals surface area contributed by atoms with E-state index >= 15 is 0 Å². The van der Waals surface area contributed by atoms with Crippen LogP contribution in [0.1, 0.15) is 34.1 Å². The highest BCUT2D eigenvalue weighted by Crippen LogP contribution is 2.24. The summed E-state index contributed by atoms with van der Waals surface area (Å²) >= 11 is 0. The molecule has 2 heterocycles. The zero-order chi connectivity index (χ0) is 22.8. The summed E-state index contributed by atoms with van der Waals surface area (Å²) in [6.45, 7) is 3.52. The smallest absolute Gasteiger partial charge is 0.407 e. The summed E-state index contributed by atoms with van der Waals surface area (Å²) in [5, 5.41) is 6.26. The second kappa shape index (κ2) is 8.34. The van der Waals surface area contributed by atoms with E-state index in [-0.39, 0.29) is 12.3 Å². The lowest BCUT2D eigenvalue weighted by Crippen LogP contribution is -2.21. The monoisotopic (exact) mass is 432 g/mol. The van der Waals surface area contributed by atoms with Crippen molar-refractivity contribution >= 4 is 46.1 Å². The fourth-order valence-electron chi connectivity index (χ4n) is 3.10. The highest BCUT2D eigenvalue weighted by atomic mass is 16.4. The van der Waals surface area contributed by atoms with E-state index in [1.807, 2.05) is 6.92 Å². The Bertz CT molecular complexity index is 1390. The lowest BCUT2D eigenvalue weighted by Gasteiger charge is -2.11. The number of oxazole rings is 1. The Balaban J connectivity index is 1.61. The maximum atomic E-state index is 12.1. The number of aryl methyl sites for hydroxylation is 1. The number of fused-ring (bicyclic) bond motifs is 1. The number of anilines is 4. The molecule has 4 N–H and O–H groups in total. The van der Waals surface area contributed by atoms with Crippen molar-refractivity contribution in [3.63, 3.8) is 0 Å². The van der Waals surface area contributed by atoms with Gasteiger partial charge in [-0.25, -0.2) is 14.3 Å². The molecular weight excluding hydrogens is 412 g/mol. The van der Waals surface area contributed by atoms with Crippen molar-refractivity contribution in [1.29, 1.82) is 0 Å². The van der Waals surface area contributed by atoms with Crippen LogP contribution in [0.5, 0.6) is 0 Å². The fraction of sp³-hybridized carbons (Fsp3) is 0.136. The topological polar surface area (TPSA) is 145 Å². The first kappa shape index (κ1) is 20.8. The van der Waals surface area contributed by atoms with E-state index in [0.29, 0.717) is 39.8 Å². The maximum absolute atomic E-state index is 12.1. The number of carbonyl (C=O) groups excluding carboxylic acids is 2. The minimum absolute atomic E-state index is 0.173. The van der Waals surface area contributed by atoms with Crippen molar-refractivity contribution in [2.24, 2.45) is 5.73 Å². The zero-order valence-electron chi connectivity index (χ0n) is 17.4. The normalized spacial score (nSPS) is 10.8. The molecule has 2 aromatic heterocycles. The first-order chi connectivity index (χ1) is 15.4. The molecule has 0 bridgehead atoms. The quantitative estimate of drug-likeness (QED) is 0.421. The molecule has 4 rings (SSSR count). The first-order valence-corrected chi connectivity index (χ1v) is 9.82. The van der Waals surface area contributed by atoms with Gasteiger partial charge in [-0.3, -0.25) is 9.59 Å². The van der Waals surface area contributed by atoms with E-state index in [1.165, 1.54) is 0 Å². The number of aromatic nitrogens is 3. The van der Waals surface area contributed by atoms with Gasteiger partial charge in [-0.15, -0.1) is 0 Å². The van der Waals surface area contributed by atoms with Gasteiger partial charge in [-0.1, -0.05) is 6.92 Å². The molecule has 32 heavy (non-hydrogen) atoms. The molecule has 0 fully saturated rings. The highest BCUT2D eigenvalue weighted by molar-refractivity contribution is 5.93. The third kappa shape index (κ3) is 4.06. The predicted molar refractivity (Wildman–Crippen MR) is 120 cm³/mol. The van der Waals surface area contributed by atoms with Gasteiger partial charge < -0.3 is 20.8 Å². The average Bonchev–Trinajstić information content (AvgIpc) is 3.11. The van der Waals surface area contributed by atoms with Crippen molar-refractivity contribution in [2.45, 2.75) is 20.3 Å². The van der Waals surface area contributed by atoms with E-state index in [2.05, 4.69) is 20.6 Å². The number of hydrogen-bond acceptors (Lipinski definition) is 8. The molecular formula is C22H20N6O4. The Kier molecular flexibility index (Phi) is 5.42. The van der Waals surface area contributed by atoms with E-state index in [4.69, 9.17) is 10.2 Å². The fourth-order valence-corrected chi connectivity index (χ4v) is 3.10. The van der Waals surface area contributed by atoms with Gasteiger partial charge in [0.25, 0.3) is 0 Å². The molecule has 1 amide bonds.